The Labute approximate surface area is 175 Å². The number of aliphatic imine (C=N–C) groups is 2. The lowest BCUT2D eigenvalue weighted by molar-refractivity contribution is -0.120. The molecule has 2 aliphatic rings. The number of rotatable bonds is 3. The minimum atomic E-state index is -0.334. The molecule has 0 aliphatic carbocycles. The summed E-state index contributed by atoms with van der Waals surface area (Å²) in [7, 11) is 0. The molecule has 5 rings (SSSR count). The molecule has 146 valence electrons. The van der Waals surface area contributed by atoms with Gasteiger partial charge in [0.1, 0.15) is 22.9 Å². The van der Waals surface area contributed by atoms with Gasteiger partial charge in [-0.1, -0.05) is 23.7 Å². The summed E-state index contributed by atoms with van der Waals surface area (Å²) in [5.74, 6) is 0.599. The highest BCUT2D eigenvalue weighted by atomic mass is 35.5. The summed E-state index contributed by atoms with van der Waals surface area (Å²) in [5.41, 5.74) is 2.27. The third kappa shape index (κ3) is 3.19. The molecule has 0 fully saturated rings. The first-order valence-electron chi connectivity index (χ1n) is 8.85. The standard InChI is InChI=1S/C21H12ClN5O3/c22-18-8-13(10-23-26-18)19-20-25-16(9-15-5-2-6-30-15)21(29)27(20)11-17(24-19)12-3-1-4-14(28)7-12/h1-11,28H/b16-9-. The number of hydrogen-bond acceptors (Lipinski definition) is 7. The summed E-state index contributed by atoms with van der Waals surface area (Å²) < 4.78 is 5.30. The Morgan fingerprint density at radius 2 is 2.00 bits per heavy atom. The second kappa shape index (κ2) is 7.09. The number of aromatic hydroxyl groups is 1. The number of carbonyl (C=O) groups is 1. The Hall–Kier alpha value is -4.04. The van der Waals surface area contributed by atoms with E-state index in [1.165, 1.54) is 17.4 Å². The van der Waals surface area contributed by atoms with Crippen LogP contribution in [0, 0.1) is 0 Å². The van der Waals surface area contributed by atoms with Crippen molar-refractivity contribution >= 4 is 40.8 Å². The zero-order valence-corrected chi connectivity index (χ0v) is 16.0. The van der Waals surface area contributed by atoms with Gasteiger partial charge in [-0.2, -0.15) is 5.10 Å². The average Bonchev–Trinajstić information content (AvgIpc) is 3.36. The van der Waals surface area contributed by atoms with E-state index < -0.39 is 0 Å². The van der Waals surface area contributed by atoms with Crippen LogP contribution >= 0.6 is 11.6 Å². The zero-order valence-electron chi connectivity index (χ0n) is 15.2. The number of nitrogens with zero attached hydrogens (tertiary/aromatic N) is 5. The van der Waals surface area contributed by atoms with Crippen LogP contribution in [-0.4, -0.2) is 37.7 Å². The zero-order chi connectivity index (χ0) is 20.7. The van der Waals surface area contributed by atoms with Gasteiger partial charge in [0.15, 0.2) is 11.0 Å². The summed E-state index contributed by atoms with van der Waals surface area (Å²) >= 11 is 6.01. The van der Waals surface area contributed by atoms with Crippen molar-refractivity contribution in [3.63, 3.8) is 0 Å². The van der Waals surface area contributed by atoms with E-state index in [1.54, 1.807) is 54.7 Å². The predicted octanol–water partition coefficient (Wildman–Crippen LogP) is 3.51. The van der Waals surface area contributed by atoms with Crippen LogP contribution in [0.5, 0.6) is 5.75 Å². The largest absolute Gasteiger partial charge is 0.508 e. The molecule has 30 heavy (non-hydrogen) atoms. The van der Waals surface area contributed by atoms with E-state index in [-0.39, 0.29) is 22.5 Å². The number of carbonyl (C=O) groups excluding carboxylic acids is 1. The molecular weight excluding hydrogens is 406 g/mol. The van der Waals surface area contributed by atoms with E-state index in [2.05, 4.69) is 20.2 Å². The highest BCUT2D eigenvalue weighted by molar-refractivity contribution is 6.53. The van der Waals surface area contributed by atoms with Crippen molar-refractivity contribution < 1.29 is 14.3 Å². The van der Waals surface area contributed by atoms with Crippen LogP contribution in [0.15, 0.2) is 81.2 Å². The minimum Gasteiger partial charge on any atom is -0.508 e. The Bertz CT molecular complexity index is 1290. The van der Waals surface area contributed by atoms with Crippen LogP contribution in [0.4, 0.5) is 0 Å². The van der Waals surface area contributed by atoms with E-state index in [9.17, 15) is 9.90 Å². The lowest BCUT2D eigenvalue weighted by Crippen LogP contribution is -2.35. The molecule has 0 saturated carbocycles. The topological polar surface area (TPSA) is 104 Å². The fraction of sp³-hybridized carbons (Fsp3) is 0. The molecule has 0 unspecified atom stereocenters. The monoisotopic (exact) mass is 417 g/mol. The second-order valence-corrected chi connectivity index (χ2v) is 6.83. The maximum Gasteiger partial charge on any atom is 0.282 e. The van der Waals surface area contributed by atoms with E-state index in [0.29, 0.717) is 34.1 Å². The predicted molar refractivity (Wildman–Crippen MR) is 111 cm³/mol. The maximum atomic E-state index is 13.1. The molecular formula is C21H12ClN5O3. The van der Waals surface area contributed by atoms with Crippen molar-refractivity contribution in [2.45, 2.75) is 0 Å². The summed E-state index contributed by atoms with van der Waals surface area (Å²) in [6.07, 6.45) is 6.16. The number of aromatic nitrogens is 2. The summed E-state index contributed by atoms with van der Waals surface area (Å²) in [4.78, 5) is 23.6. The number of amidine groups is 1. The van der Waals surface area contributed by atoms with Gasteiger partial charge in [0.25, 0.3) is 5.91 Å². The van der Waals surface area contributed by atoms with Gasteiger partial charge < -0.3 is 9.52 Å². The van der Waals surface area contributed by atoms with Gasteiger partial charge in [-0.25, -0.2) is 9.98 Å². The van der Waals surface area contributed by atoms with Gasteiger partial charge in [-0.05, 0) is 30.3 Å². The minimum absolute atomic E-state index is 0.0874. The van der Waals surface area contributed by atoms with Gasteiger partial charge in [0.05, 0.1) is 18.2 Å². The normalized spacial score (nSPS) is 17.0. The second-order valence-electron chi connectivity index (χ2n) is 6.45. The number of benzene rings is 1. The van der Waals surface area contributed by atoms with Crippen molar-refractivity contribution in [1.82, 2.24) is 15.1 Å². The van der Waals surface area contributed by atoms with Crippen LogP contribution in [0.25, 0.3) is 11.8 Å². The fourth-order valence-corrected chi connectivity index (χ4v) is 3.28. The van der Waals surface area contributed by atoms with Crippen molar-refractivity contribution in [2.24, 2.45) is 9.98 Å². The molecule has 0 saturated heterocycles. The maximum absolute atomic E-state index is 13.1. The molecule has 0 spiro atoms. The van der Waals surface area contributed by atoms with E-state index in [0.717, 1.165) is 0 Å². The molecule has 0 bridgehead atoms. The number of fused-ring (bicyclic) bond motifs is 1. The Morgan fingerprint density at radius 1 is 1.10 bits per heavy atom. The molecule has 1 aromatic carbocycles. The summed E-state index contributed by atoms with van der Waals surface area (Å²) in [6, 6.07) is 11.7. The van der Waals surface area contributed by atoms with Gasteiger partial charge in [-0.15, -0.1) is 5.10 Å². The van der Waals surface area contributed by atoms with E-state index in [4.69, 9.17) is 16.0 Å². The molecule has 1 amide bonds. The lowest BCUT2D eigenvalue weighted by atomic mass is 10.1. The average molecular weight is 418 g/mol. The van der Waals surface area contributed by atoms with Gasteiger partial charge in [0, 0.05) is 23.4 Å². The number of amides is 1. The first kappa shape index (κ1) is 18.0. The van der Waals surface area contributed by atoms with Gasteiger partial charge in [0.2, 0.25) is 0 Å². The smallest absolute Gasteiger partial charge is 0.282 e. The molecule has 0 atom stereocenters. The molecule has 9 heteroatoms. The third-order valence-electron chi connectivity index (χ3n) is 4.45. The Balaban J connectivity index is 1.67. The van der Waals surface area contributed by atoms with Gasteiger partial charge in [-0.3, -0.25) is 9.69 Å². The molecule has 3 aromatic rings. The summed E-state index contributed by atoms with van der Waals surface area (Å²) in [5, 5.41) is 17.7. The van der Waals surface area contributed by atoms with Crippen molar-refractivity contribution in [1.29, 1.82) is 0 Å². The SMILES string of the molecule is O=C1/C(=C/c2ccco2)N=C2C(c3cnnc(Cl)c3)=NC(c3cccc(O)c3)=CN12. The molecule has 4 heterocycles. The summed E-state index contributed by atoms with van der Waals surface area (Å²) in [6.45, 7) is 0. The number of phenolic OH excluding ortho intramolecular Hbond substituents is 1. The molecule has 1 N–H and O–H groups in total. The first-order valence-corrected chi connectivity index (χ1v) is 9.22. The van der Waals surface area contributed by atoms with Crippen molar-refractivity contribution in [3.8, 4) is 5.75 Å². The number of hydrogen-bond donors (Lipinski definition) is 1. The Morgan fingerprint density at radius 3 is 2.77 bits per heavy atom. The molecule has 8 nitrogen and oxygen atoms in total. The van der Waals surface area contributed by atoms with E-state index >= 15 is 0 Å². The number of furan rings is 1. The fourth-order valence-electron chi connectivity index (χ4n) is 3.11. The first-order chi connectivity index (χ1) is 14.6. The quantitative estimate of drug-likeness (QED) is 0.656. The van der Waals surface area contributed by atoms with Crippen LogP contribution < -0.4 is 0 Å². The van der Waals surface area contributed by atoms with Crippen molar-refractivity contribution in [2.75, 3.05) is 0 Å². The third-order valence-corrected chi connectivity index (χ3v) is 4.63. The van der Waals surface area contributed by atoms with Gasteiger partial charge >= 0.3 is 0 Å². The molecule has 0 radical (unpaired) electrons. The number of halogens is 1. The van der Waals surface area contributed by atoms with Crippen LogP contribution in [-0.2, 0) is 4.79 Å². The molecule has 2 aromatic heterocycles. The molecule has 2 aliphatic heterocycles. The lowest BCUT2D eigenvalue weighted by Gasteiger charge is -2.21. The van der Waals surface area contributed by atoms with Crippen molar-refractivity contribution in [3.05, 3.63) is 88.9 Å². The highest BCUT2D eigenvalue weighted by Crippen LogP contribution is 2.30. The van der Waals surface area contributed by atoms with Crippen LogP contribution in [0.1, 0.15) is 16.9 Å². The highest BCUT2D eigenvalue weighted by Gasteiger charge is 2.36. The van der Waals surface area contributed by atoms with Crippen LogP contribution in [0.3, 0.4) is 0 Å². The Kier molecular flexibility index (Phi) is 4.26. The number of phenols is 1. The van der Waals surface area contributed by atoms with E-state index in [1.807, 2.05) is 0 Å². The van der Waals surface area contributed by atoms with Crippen LogP contribution in [0.2, 0.25) is 5.15 Å².